The van der Waals surface area contributed by atoms with Gasteiger partial charge in [0.2, 0.25) is 0 Å². The van der Waals surface area contributed by atoms with Crippen molar-refractivity contribution in [2.75, 3.05) is 47.3 Å². The fourth-order valence-electron chi connectivity index (χ4n) is 7.15. The molecule has 5 atom stereocenters. The molecule has 0 spiro atoms. The first-order valence-electron chi connectivity index (χ1n) is 22.8. The maximum Gasteiger partial charge on any atom is 0.341 e. The number of carbonyl (C=O) groups is 2. The number of hydrogen-bond acceptors (Lipinski definition) is 13. The lowest BCUT2D eigenvalue weighted by atomic mass is 9.95. The van der Waals surface area contributed by atoms with Crippen molar-refractivity contribution in [1.82, 2.24) is 0 Å². The molecule has 15 heteroatoms. The van der Waals surface area contributed by atoms with Gasteiger partial charge in [-0.15, -0.1) is 0 Å². The van der Waals surface area contributed by atoms with Crippen LogP contribution in [0.5, 0.6) is 17.2 Å². The Labute approximate surface area is 395 Å². The summed E-state index contributed by atoms with van der Waals surface area (Å²) in [5, 5.41) is 0.0247. The Hall–Kier alpha value is -3.85. The first-order valence-corrected chi connectivity index (χ1v) is 27.5. The molecule has 3 rings (SSSR count). The van der Waals surface area contributed by atoms with Crippen molar-refractivity contribution in [3.05, 3.63) is 101 Å². The van der Waals surface area contributed by atoms with Crippen molar-refractivity contribution in [3.8, 4) is 17.2 Å². The second-order valence-electron chi connectivity index (χ2n) is 18.1. The van der Waals surface area contributed by atoms with Gasteiger partial charge in [-0.1, -0.05) is 80.5 Å². The number of allylic oxidation sites excluding steroid dienone is 1. The molecule has 0 N–H and O–H groups in total. The average Bonchev–Trinajstić information content (AvgIpc) is 3.24. The van der Waals surface area contributed by atoms with Crippen molar-refractivity contribution in [2.24, 2.45) is 0 Å². The summed E-state index contributed by atoms with van der Waals surface area (Å²) >= 11 is 0. The highest BCUT2D eigenvalue weighted by atomic mass is 31.2. The largest absolute Gasteiger partial charge is 0.497 e. The number of hydrogen-bond donors (Lipinski definition) is 0. The fourth-order valence-corrected chi connectivity index (χ4v) is 9.85. The van der Waals surface area contributed by atoms with Crippen LogP contribution in [-0.4, -0.2) is 98.4 Å². The topological polar surface area (TPSA) is 144 Å². The van der Waals surface area contributed by atoms with Gasteiger partial charge in [0.1, 0.15) is 30.4 Å². The van der Waals surface area contributed by atoms with Crippen molar-refractivity contribution in [1.29, 1.82) is 0 Å². The molecule has 0 radical (unpaired) electrons. The molecule has 0 bridgehead atoms. The zero-order valence-corrected chi connectivity index (χ0v) is 43.4. The number of esters is 1. The van der Waals surface area contributed by atoms with Crippen LogP contribution in [0.2, 0.25) is 18.1 Å². The molecule has 1 saturated heterocycles. The maximum absolute atomic E-state index is 13.7. The molecular weight excluding hydrogens is 880 g/mol. The number of carbonyl (C=O) groups excluding carboxylic acids is 2. The van der Waals surface area contributed by atoms with E-state index >= 15 is 0 Å². The van der Waals surface area contributed by atoms with E-state index in [0.717, 1.165) is 34.1 Å². The Balaban J connectivity index is 1.91. The number of methoxy groups -OCH3 is 3. The SMILES string of the molecule is C=C1C[C@@H](C/C=C/[C@@H](C/C(C)=C\C=O)O[Si](C)(C)C(C)(C)C)O[C@@H](/C=C(\C)C[C@@H](OC(=O)CP(=O)(OCC)OCC)[C@@H](COCc2ccc(OC)c(OC)c2)OCc2ccc(OC)cc2)C1. The van der Waals surface area contributed by atoms with Crippen LogP contribution < -0.4 is 14.2 Å². The molecule has 0 unspecified atom stereocenters. The van der Waals surface area contributed by atoms with Crippen molar-refractivity contribution < 1.29 is 60.8 Å². The van der Waals surface area contributed by atoms with E-state index in [4.69, 9.17) is 46.6 Å². The van der Waals surface area contributed by atoms with Gasteiger partial charge in [0.05, 0.1) is 72.7 Å². The van der Waals surface area contributed by atoms with Crippen molar-refractivity contribution in [2.45, 2.75) is 142 Å². The minimum atomic E-state index is -3.78. The minimum absolute atomic E-state index is 0.0247. The molecule has 13 nitrogen and oxygen atoms in total. The van der Waals surface area contributed by atoms with Gasteiger partial charge in [-0.2, -0.15) is 0 Å². The Bertz CT molecular complexity index is 1960. The molecular formula is C51H77O13PSi. The molecule has 0 aliphatic carbocycles. The van der Waals surface area contributed by atoms with E-state index < -0.39 is 40.3 Å². The van der Waals surface area contributed by atoms with E-state index in [1.165, 1.54) is 0 Å². The molecule has 1 aliphatic heterocycles. The minimum Gasteiger partial charge on any atom is -0.497 e. The predicted molar refractivity (Wildman–Crippen MR) is 262 cm³/mol. The molecule has 1 aliphatic rings. The third kappa shape index (κ3) is 19.4. The summed E-state index contributed by atoms with van der Waals surface area (Å²) in [6, 6.07) is 13.0. The quantitative estimate of drug-likeness (QED) is 0.0191. The smallest absolute Gasteiger partial charge is 0.341 e. The summed E-state index contributed by atoms with van der Waals surface area (Å²) in [5.74, 6) is 1.11. The molecule has 2 aromatic carbocycles. The van der Waals surface area contributed by atoms with E-state index in [1.54, 1.807) is 41.3 Å². The molecule has 368 valence electrons. The van der Waals surface area contributed by atoms with Gasteiger partial charge in [0.25, 0.3) is 0 Å². The van der Waals surface area contributed by atoms with Crippen LogP contribution in [0.3, 0.4) is 0 Å². The normalized spacial score (nSPS) is 17.9. The van der Waals surface area contributed by atoms with E-state index in [-0.39, 0.29) is 62.8 Å². The van der Waals surface area contributed by atoms with E-state index in [0.29, 0.717) is 42.9 Å². The van der Waals surface area contributed by atoms with Gasteiger partial charge >= 0.3 is 13.6 Å². The third-order valence-corrected chi connectivity index (χ3v) is 18.0. The van der Waals surface area contributed by atoms with Crippen LogP contribution in [0.25, 0.3) is 0 Å². The van der Waals surface area contributed by atoms with Gasteiger partial charge in [-0.05, 0) is 113 Å². The third-order valence-electron chi connectivity index (χ3n) is 11.5. The molecule has 1 fully saturated rings. The lowest BCUT2D eigenvalue weighted by Gasteiger charge is -2.38. The maximum atomic E-state index is 13.7. The molecule has 2 aromatic rings. The molecule has 0 aromatic heterocycles. The van der Waals surface area contributed by atoms with Gasteiger partial charge < -0.3 is 46.6 Å². The van der Waals surface area contributed by atoms with Crippen molar-refractivity contribution >= 4 is 28.2 Å². The highest BCUT2D eigenvalue weighted by Gasteiger charge is 2.39. The Morgan fingerprint density at radius 3 is 2.17 bits per heavy atom. The summed E-state index contributed by atoms with van der Waals surface area (Å²) in [5.41, 5.74) is 4.62. The zero-order valence-electron chi connectivity index (χ0n) is 41.6. The summed E-state index contributed by atoms with van der Waals surface area (Å²) in [6.07, 6.45) is 8.75. The molecule has 0 amide bonds. The standard InChI is InChI=1S/C51H77O13PSi/c1-14-60-65(54,61-15-2)36-50(53)63-48(49(59-34-40-19-22-42(55-9)23-20-40)35-58-33-41-21-24-46(56-10)47(32-41)57-11)31-39(5)30-45-29-38(4)28-43(62-45)17-16-18-44(27-37(3)25-26-52)64-66(12,13)51(6,7)8/h16,18-26,30,32,43-45,48-49H,4,14-15,17,27-29,31,33-36H2,1-3,5-13H3/b18-16+,37-25-,39-30+/t43-,44+,45-,48-,49-/m1/s1. The van der Waals surface area contributed by atoms with E-state index in [9.17, 15) is 14.2 Å². The van der Waals surface area contributed by atoms with Crippen molar-refractivity contribution in [3.63, 3.8) is 0 Å². The first kappa shape index (κ1) is 56.5. The van der Waals surface area contributed by atoms with Gasteiger partial charge in [-0.25, -0.2) is 0 Å². The van der Waals surface area contributed by atoms with Crippen LogP contribution in [0, 0.1) is 0 Å². The average molecular weight is 957 g/mol. The van der Waals surface area contributed by atoms with Crippen LogP contribution >= 0.6 is 7.60 Å². The second-order valence-corrected chi connectivity index (χ2v) is 25.0. The summed E-state index contributed by atoms with van der Waals surface area (Å²) in [4.78, 5) is 25.0. The molecule has 66 heavy (non-hydrogen) atoms. The van der Waals surface area contributed by atoms with E-state index in [1.807, 2.05) is 56.3 Å². The van der Waals surface area contributed by atoms with Crippen LogP contribution in [0.4, 0.5) is 0 Å². The van der Waals surface area contributed by atoms with Crippen LogP contribution in [0.1, 0.15) is 91.7 Å². The highest BCUT2D eigenvalue weighted by Crippen LogP contribution is 2.48. The highest BCUT2D eigenvalue weighted by molar-refractivity contribution is 7.54. The predicted octanol–water partition coefficient (Wildman–Crippen LogP) is 11.3. The summed E-state index contributed by atoms with van der Waals surface area (Å²) < 4.78 is 73.1. The molecule has 0 saturated carbocycles. The van der Waals surface area contributed by atoms with Gasteiger partial charge in [0, 0.05) is 6.42 Å². The number of benzene rings is 2. The van der Waals surface area contributed by atoms with Crippen LogP contribution in [-0.2, 0) is 59.8 Å². The Morgan fingerprint density at radius 1 is 0.894 bits per heavy atom. The number of aldehydes is 1. The zero-order chi connectivity index (χ0) is 48.9. The van der Waals surface area contributed by atoms with Gasteiger partial charge in [0.15, 0.2) is 19.8 Å². The van der Waals surface area contributed by atoms with Crippen LogP contribution in [0.15, 0.2) is 90.1 Å². The lowest BCUT2D eigenvalue weighted by molar-refractivity contribution is -0.160. The summed E-state index contributed by atoms with van der Waals surface area (Å²) in [7, 11) is -1.13. The molecule has 1 heterocycles. The Morgan fingerprint density at radius 2 is 1.56 bits per heavy atom. The van der Waals surface area contributed by atoms with E-state index in [2.05, 4.69) is 58.7 Å². The first-order chi connectivity index (χ1) is 31.3. The number of rotatable bonds is 29. The summed E-state index contributed by atoms with van der Waals surface area (Å²) in [6.45, 7) is 23.4. The second kappa shape index (κ2) is 27.8. The monoisotopic (exact) mass is 956 g/mol. The van der Waals surface area contributed by atoms with Gasteiger partial charge in [-0.3, -0.25) is 14.2 Å². The Kier molecular flexibility index (Phi) is 23.8. The number of ether oxygens (including phenoxy) is 7. The fraction of sp³-hybridized carbons (Fsp3) is 0.569. The lowest BCUT2D eigenvalue weighted by Crippen LogP contribution is -2.43.